The van der Waals surface area contributed by atoms with Crippen molar-refractivity contribution in [3.63, 3.8) is 0 Å². The monoisotopic (exact) mass is 200 g/mol. The average molecular weight is 200 g/mol. The van der Waals surface area contributed by atoms with Crippen molar-refractivity contribution in [1.82, 2.24) is 0 Å². The third-order valence-electron chi connectivity index (χ3n) is 2.03. The van der Waals surface area contributed by atoms with Gasteiger partial charge in [0.05, 0.1) is 0 Å². The SMILES string of the molecule is CC(=O)c1ccc(C#CCC(C)C)cc1. The standard InChI is InChI=1S/C14H16O/c1-11(2)5-4-6-13-7-9-14(10-8-13)12(3)15/h7-11H,5H2,1-3H3. The van der Waals surface area contributed by atoms with Crippen LogP contribution < -0.4 is 0 Å². The fourth-order valence-corrected chi connectivity index (χ4v) is 1.15. The van der Waals surface area contributed by atoms with Crippen LogP contribution in [0.5, 0.6) is 0 Å². The van der Waals surface area contributed by atoms with E-state index in [4.69, 9.17) is 0 Å². The van der Waals surface area contributed by atoms with Gasteiger partial charge in [0.2, 0.25) is 0 Å². The second-order valence-corrected chi connectivity index (χ2v) is 4.03. The third kappa shape index (κ3) is 3.99. The molecule has 0 heterocycles. The first-order valence-corrected chi connectivity index (χ1v) is 5.19. The van der Waals surface area contributed by atoms with Crippen LogP contribution in [-0.4, -0.2) is 5.78 Å². The van der Waals surface area contributed by atoms with Crippen LogP contribution in [0.15, 0.2) is 24.3 Å². The Kier molecular flexibility index (Phi) is 4.12. The molecule has 0 aliphatic heterocycles. The van der Waals surface area contributed by atoms with Crippen LogP contribution in [0.25, 0.3) is 0 Å². The van der Waals surface area contributed by atoms with Gasteiger partial charge in [-0.1, -0.05) is 37.8 Å². The Hall–Kier alpha value is -1.55. The molecule has 0 amide bonds. The van der Waals surface area contributed by atoms with E-state index in [1.807, 2.05) is 24.3 Å². The van der Waals surface area contributed by atoms with Crippen molar-refractivity contribution in [2.45, 2.75) is 27.2 Å². The van der Waals surface area contributed by atoms with E-state index >= 15 is 0 Å². The lowest BCUT2D eigenvalue weighted by Gasteiger charge is -1.95. The summed E-state index contributed by atoms with van der Waals surface area (Å²) < 4.78 is 0. The molecule has 0 saturated carbocycles. The summed E-state index contributed by atoms with van der Waals surface area (Å²) in [5.41, 5.74) is 1.71. The summed E-state index contributed by atoms with van der Waals surface area (Å²) in [5, 5.41) is 0. The maximum Gasteiger partial charge on any atom is 0.159 e. The van der Waals surface area contributed by atoms with Crippen molar-refractivity contribution in [2.75, 3.05) is 0 Å². The van der Waals surface area contributed by atoms with Crippen molar-refractivity contribution >= 4 is 5.78 Å². The Balaban J connectivity index is 2.71. The minimum atomic E-state index is 0.0942. The van der Waals surface area contributed by atoms with E-state index in [9.17, 15) is 4.79 Å². The molecule has 15 heavy (non-hydrogen) atoms. The van der Waals surface area contributed by atoms with Crippen molar-refractivity contribution in [2.24, 2.45) is 5.92 Å². The molecule has 78 valence electrons. The smallest absolute Gasteiger partial charge is 0.159 e. The zero-order valence-electron chi connectivity index (χ0n) is 9.50. The highest BCUT2D eigenvalue weighted by Crippen LogP contribution is 2.04. The lowest BCUT2D eigenvalue weighted by molar-refractivity contribution is 0.101. The highest BCUT2D eigenvalue weighted by molar-refractivity contribution is 5.94. The Morgan fingerprint density at radius 2 is 1.87 bits per heavy atom. The van der Waals surface area contributed by atoms with E-state index < -0.39 is 0 Å². The van der Waals surface area contributed by atoms with Crippen molar-refractivity contribution < 1.29 is 4.79 Å². The van der Waals surface area contributed by atoms with Crippen molar-refractivity contribution in [3.05, 3.63) is 35.4 Å². The molecule has 1 heteroatoms. The van der Waals surface area contributed by atoms with Gasteiger partial charge in [-0.15, -0.1) is 0 Å². The number of hydrogen-bond acceptors (Lipinski definition) is 1. The third-order valence-corrected chi connectivity index (χ3v) is 2.03. The maximum absolute atomic E-state index is 11.0. The molecule has 0 aliphatic carbocycles. The van der Waals surface area contributed by atoms with Crippen LogP contribution in [0, 0.1) is 17.8 Å². The van der Waals surface area contributed by atoms with E-state index in [1.54, 1.807) is 6.92 Å². The number of Topliss-reactive ketones (excluding diaryl/α,β-unsaturated/α-hetero) is 1. The maximum atomic E-state index is 11.0. The van der Waals surface area contributed by atoms with Gasteiger partial charge in [-0.2, -0.15) is 0 Å². The first-order chi connectivity index (χ1) is 7.09. The molecule has 0 atom stereocenters. The predicted molar refractivity (Wildman–Crippen MR) is 62.8 cm³/mol. The van der Waals surface area contributed by atoms with Gasteiger partial charge in [-0.25, -0.2) is 0 Å². The molecule has 0 fully saturated rings. The van der Waals surface area contributed by atoms with Crippen LogP contribution in [0.1, 0.15) is 43.1 Å². The topological polar surface area (TPSA) is 17.1 Å². The summed E-state index contributed by atoms with van der Waals surface area (Å²) in [5.74, 6) is 6.90. The molecule has 0 unspecified atom stereocenters. The summed E-state index contributed by atoms with van der Waals surface area (Å²) >= 11 is 0. The molecular weight excluding hydrogens is 184 g/mol. The van der Waals surface area contributed by atoms with Gasteiger partial charge in [-0.3, -0.25) is 4.79 Å². The zero-order chi connectivity index (χ0) is 11.3. The van der Waals surface area contributed by atoms with Crippen LogP contribution in [-0.2, 0) is 0 Å². The highest BCUT2D eigenvalue weighted by atomic mass is 16.1. The fraction of sp³-hybridized carbons (Fsp3) is 0.357. The van der Waals surface area contributed by atoms with Crippen LogP contribution >= 0.6 is 0 Å². The molecule has 0 aromatic heterocycles. The first-order valence-electron chi connectivity index (χ1n) is 5.19. The lowest BCUT2D eigenvalue weighted by atomic mass is 10.1. The second-order valence-electron chi connectivity index (χ2n) is 4.03. The van der Waals surface area contributed by atoms with Crippen molar-refractivity contribution in [1.29, 1.82) is 0 Å². The molecule has 0 spiro atoms. The molecule has 1 rings (SSSR count). The van der Waals surface area contributed by atoms with E-state index in [0.29, 0.717) is 5.92 Å². The largest absolute Gasteiger partial charge is 0.295 e. The summed E-state index contributed by atoms with van der Waals surface area (Å²) in [6, 6.07) is 7.43. The molecule has 1 aromatic carbocycles. The molecule has 0 radical (unpaired) electrons. The van der Waals surface area contributed by atoms with Crippen LogP contribution in [0.2, 0.25) is 0 Å². The summed E-state index contributed by atoms with van der Waals surface area (Å²) in [4.78, 5) is 11.0. The van der Waals surface area contributed by atoms with E-state index in [-0.39, 0.29) is 5.78 Å². The summed E-state index contributed by atoms with van der Waals surface area (Å²) in [6.45, 7) is 5.86. The van der Waals surface area contributed by atoms with E-state index in [0.717, 1.165) is 17.5 Å². The Morgan fingerprint density at radius 3 is 2.33 bits per heavy atom. The number of ketones is 1. The van der Waals surface area contributed by atoms with Gasteiger partial charge in [0.15, 0.2) is 5.78 Å². The van der Waals surface area contributed by atoms with Crippen LogP contribution in [0.3, 0.4) is 0 Å². The number of carbonyl (C=O) groups is 1. The van der Waals surface area contributed by atoms with Gasteiger partial charge in [-0.05, 0) is 25.0 Å². The van der Waals surface area contributed by atoms with Crippen LogP contribution in [0.4, 0.5) is 0 Å². The molecule has 0 aliphatic rings. The van der Waals surface area contributed by atoms with Gasteiger partial charge in [0.1, 0.15) is 0 Å². The van der Waals surface area contributed by atoms with Gasteiger partial charge < -0.3 is 0 Å². The molecule has 1 nitrogen and oxygen atoms in total. The summed E-state index contributed by atoms with van der Waals surface area (Å²) in [7, 11) is 0. The Bertz CT molecular complexity index is 388. The highest BCUT2D eigenvalue weighted by Gasteiger charge is 1.96. The second kappa shape index (κ2) is 5.36. The summed E-state index contributed by atoms with van der Waals surface area (Å²) in [6.07, 6.45) is 0.911. The minimum Gasteiger partial charge on any atom is -0.295 e. The molecule has 1 aromatic rings. The van der Waals surface area contributed by atoms with E-state index in [1.165, 1.54) is 0 Å². The lowest BCUT2D eigenvalue weighted by Crippen LogP contribution is -1.90. The van der Waals surface area contributed by atoms with Crippen molar-refractivity contribution in [3.8, 4) is 11.8 Å². The Labute approximate surface area is 91.5 Å². The first kappa shape index (κ1) is 11.5. The quantitative estimate of drug-likeness (QED) is 0.529. The van der Waals surface area contributed by atoms with Gasteiger partial charge >= 0.3 is 0 Å². The molecule has 0 saturated heterocycles. The number of rotatable bonds is 2. The van der Waals surface area contributed by atoms with E-state index in [2.05, 4.69) is 25.7 Å². The van der Waals surface area contributed by atoms with Gasteiger partial charge in [0, 0.05) is 17.5 Å². The molecule has 0 N–H and O–H groups in total. The van der Waals surface area contributed by atoms with Gasteiger partial charge in [0.25, 0.3) is 0 Å². The molecule has 0 bridgehead atoms. The normalized spacial score (nSPS) is 9.60. The predicted octanol–water partition coefficient (Wildman–Crippen LogP) is 3.29. The Morgan fingerprint density at radius 1 is 1.27 bits per heavy atom. The molecular formula is C14H16O. The number of benzene rings is 1. The minimum absolute atomic E-state index is 0.0942. The average Bonchev–Trinajstić information content (AvgIpc) is 2.18. The number of hydrogen-bond donors (Lipinski definition) is 0. The zero-order valence-corrected chi connectivity index (χ0v) is 9.50. The fourth-order valence-electron chi connectivity index (χ4n) is 1.15. The number of carbonyl (C=O) groups excluding carboxylic acids is 1.